The first kappa shape index (κ1) is 20.5. The topological polar surface area (TPSA) is 84.5 Å². The maximum absolute atomic E-state index is 12.3. The number of rotatable bonds is 6. The third kappa shape index (κ3) is 6.14. The van der Waals surface area contributed by atoms with Crippen LogP contribution in [0.5, 0.6) is 0 Å². The molecule has 0 fully saturated rings. The van der Waals surface area contributed by atoms with Crippen LogP contribution >= 0.6 is 11.8 Å². The molecule has 7 heteroatoms. The van der Waals surface area contributed by atoms with E-state index in [9.17, 15) is 14.4 Å². The molecule has 27 heavy (non-hydrogen) atoms. The van der Waals surface area contributed by atoms with E-state index >= 15 is 0 Å². The number of carbonyl (C=O) groups is 3. The van der Waals surface area contributed by atoms with Gasteiger partial charge in [-0.3, -0.25) is 14.9 Å². The van der Waals surface area contributed by atoms with E-state index in [1.165, 1.54) is 24.4 Å². The van der Waals surface area contributed by atoms with Gasteiger partial charge < -0.3 is 10.1 Å². The molecule has 0 unspecified atom stereocenters. The summed E-state index contributed by atoms with van der Waals surface area (Å²) in [6, 6.07) is 13.8. The normalized spacial score (nSPS) is 11.4. The molecule has 3 amide bonds. The van der Waals surface area contributed by atoms with Gasteiger partial charge in [-0.25, -0.2) is 4.79 Å². The van der Waals surface area contributed by atoms with Crippen molar-refractivity contribution >= 4 is 29.7 Å². The van der Waals surface area contributed by atoms with Gasteiger partial charge in [0.15, 0.2) is 0 Å². The highest BCUT2D eigenvalue weighted by Crippen LogP contribution is 2.23. The molecule has 0 aliphatic heterocycles. The Morgan fingerprint density at radius 2 is 1.74 bits per heavy atom. The second-order valence-electron chi connectivity index (χ2n) is 5.88. The number of imide groups is 1. The highest BCUT2D eigenvalue weighted by atomic mass is 32.2. The number of benzene rings is 2. The number of hydrogen-bond acceptors (Lipinski definition) is 5. The van der Waals surface area contributed by atoms with Crippen molar-refractivity contribution in [2.45, 2.75) is 24.8 Å². The van der Waals surface area contributed by atoms with Crippen LogP contribution < -0.4 is 10.6 Å². The first-order valence-electron chi connectivity index (χ1n) is 8.37. The zero-order valence-corrected chi connectivity index (χ0v) is 16.3. The fourth-order valence-corrected chi connectivity index (χ4v) is 3.03. The number of carbonyl (C=O) groups excluding carboxylic acids is 3. The molecule has 2 N–H and O–H groups in total. The number of amides is 3. The smallest absolute Gasteiger partial charge is 0.321 e. The Kier molecular flexibility index (Phi) is 7.43. The van der Waals surface area contributed by atoms with E-state index in [2.05, 4.69) is 10.6 Å². The Balaban J connectivity index is 2.05. The first-order chi connectivity index (χ1) is 12.9. The summed E-state index contributed by atoms with van der Waals surface area (Å²) in [6.45, 7) is 4.03. The second-order valence-corrected chi connectivity index (χ2v) is 6.93. The molecule has 2 aromatic carbocycles. The molecule has 0 spiro atoms. The monoisotopic (exact) mass is 386 g/mol. The van der Waals surface area contributed by atoms with Gasteiger partial charge in [0.25, 0.3) is 5.91 Å². The zero-order valence-electron chi connectivity index (χ0n) is 15.4. The number of thioether (sulfide) groups is 1. The van der Waals surface area contributed by atoms with E-state index in [0.717, 1.165) is 10.5 Å². The molecule has 2 rings (SSSR count). The van der Waals surface area contributed by atoms with Crippen LogP contribution in [0.15, 0.2) is 53.4 Å². The minimum absolute atomic E-state index is 0.0547. The minimum Gasteiger partial charge on any atom is -0.447 e. The van der Waals surface area contributed by atoms with Gasteiger partial charge >= 0.3 is 12.0 Å². The predicted octanol–water partition coefficient (Wildman–Crippen LogP) is 3.14. The molecule has 0 aliphatic rings. The third-order valence-electron chi connectivity index (χ3n) is 3.89. The lowest BCUT2D eigenvalue weighted by Crippen LogP contribution is -2.41. The van der Waals surface area contributed by atoms with Crippen LogP contribution in [-0.2, 0) is 14.3 Å². The third-order valence-corrected chi connectivity index (χ3v) is 4.86. The largest absolute Gasteiger partial charge is 0.447 e. The maximum Gasteiger partial charge on any atom is 0.321 e. The van der Waals surface area contributed by atoms with Gasteiger partial charge in [-0.15, -0.1) is 11.8 Å². The number of esters is 1. The average molecular weight is 386 g/mol. The number of aryl methyl sites for hydroxylation is 2. The van der Waals surface area contributed by atoms with Crippen molar-refractivity contribution < 1.29 is 19.1 Å². The summed E-state index contributed by atoms with van der Waals surface area (Å²) in [5.41, 5.74) is 2.81. The van der Waals surface area contributed by atoms with Crippen molar-refractivity contribution in [3.05, 3.63) is 65.2 Å². The van der Waals surface area contributed by atoms with Crippen LogP contribution in [0.3, 0.4) is 0 Å². The molecule has 0 aliphatic carbocycles. The van der Waals surface area contributed by atoms with Crippen LogP contribution in [0.1, 0.15) is 22.8 Å². The Bertz CT molecular complexity index is 824. The summed E-state index contributed by atoms with van der Waals surface area (Å²) in [4.78, 5) is 37.0. The minimum atomic E-state index is -1.20. The summed E-state index contributed by atoms with van der Waals surface area (Å²) in [7, 11) is 1.40. The highest BCUT2D eigenvalue weighted by molar-refractivity contribution is 8.00. The van der Waals surface area contributed by atoms with Crippen molar-refractivity contribution in [1.82, 2.24) is 10.6 Å². The average Bonchev–Trinajstić information content (AvgIpc) is 2.67. The maximum atomic E-state index is 12.3. The van der Waals surface area contributed by atoms with Crippen LogP contribution in [0.2, 0.25) is 0 Å². The Morgan fingerprint density at radius 1 is 1.04 bits per heavy atom. The molecule has 0 saturated carbocycles. The van der Waals surface area contributed by atoms with E-state index in [1.54, 1.807) is 30.3 Å². The molecule has 0 heterocycles. The number of urea groups is 1. The summed E-state index contributed by atoms with van der Waals surface area (Å²) < 4.78 is 5.37. The van der Waals surface area contributed by atoms with Crippen LogP contribution in [-0.4, -0.2) is 30.7 Å². The van der Waals surface area contributed by atoms with Gasteiger partial charge in [0.2, 0.25) is 6.10 Å². The molecular weight excluding hydrogens is 364 g/mol. The molecule has 0 bridgehead atoms. The van der Waals surface area contributed by atoms with Gasteiger partial charge in [-0.05, 0) is 37.1 Å². The molecular formula is C20H22N2O4S. The van der Waals surface area contributed by atoms with E-state index in [0.29, 0.717) is 5.56 Å². The standard InChI is InChI=1S/C20H22N2O4S/c1-13-9-10-16(11-14(13)2)27-12-17(23)26-18(15-7-5-4-6-8-15)19(24)22-20(25)21-3/h4-11,18H,12H2,1-3H3,(H2,21,22,24,25)/t18-/m0/s1. The Labute approximate surface area is 162 Å². The van der Waals surface area contributed by atoms with Gasteiger partial charge in [0.1, 0.15) is 0 Å². The van der Waals surface area contributed by atoms with Crippen LogP contribution in [0, 0.1) is 13.8 Å². The highest BCUT2D eigenvalue weighted by Gasteiger charge is 2.26. The number of ether oxygens (including phenoxy) is 1. The first-order valence-corrected chi connectivity index (χ1v) is 9.36. The lowest BCUT2D eigenvalue weighted by atomic mass is 10.1. The Hall–Kier alpha value is -2.80. The van der Waals surface area contributed by atoms with E-state index < -0.39 is 24.0 Å². The summed E-state index contributed by atoms with van der Waals surface area (Å²) in [6.07, 6.45) is -1.20. The molecule has 6 nitrogen and oxygen atoms in total. The number of hydrogen-bond donors (Lipinski definition) is 2. The van der Waals surface area contributed by atoms with Gasteiger partial charge in [0.05, 0.1) is 5.75 Å². The van der Waals surface area contributed by atoms with Crippen molar-refractivity contribution in [2.75, 3.05) is 12.8 Å². The SMILES string of the molecule is CNC(=O)NC(=O)[C@@H](OC(=O)CSc1ccc(C)c(C)c1)c1ccccc1. The van der Waals surface area contributed by atoms with E-state index in [4.69, 9.17) is 4.74 Å². The fraction of sp³-hybridized carbons (Fsp3) is 0.250. The quantitative estimate of drug-likeness (QED) is 0.589. The molecule has 142 valence electrons. The summed E-state index contributed by atoms with van der Waals surface area (Å²) >= 11 is 1.33. The van der Waals surface area contributed by atoms with Crippen molar-refractivity contribution in [2.24, 2.45) is 0 Å². The molecule has 0 aromatic heterocycles. The second kappa shape index (κ2) is 9.78. The van der Waals surface area contributed by atoms with Crippen molar-refractivity contribution in [3.63, 3.8) is 0 Å². The lowest BCUT2D eigenvalue weighted by Gasteiger charge is -2.17. The lowest BCUT2D eigenvalue weighted by molar-refractivity contribution is -0.153. The van der Waals surface area contributed by atoms with E-state index in [-0.39, 0.29) is 5.75 Å². The molecule has 0 radical (unpaired) electrons. The van der Waals surface area contributed by atoms with Crippen LogP contribution in [0.25, 0.3) is 0 Å². The predicted molar refractivity (Wildman–Crippen MR) is 105 cm³/mol. The van der Waals surface area contributed by atoms with Gasteiger partial charge in [0, 0.05) is 17.5 Å². The van der Waals surface area contributed by atoms with Gasteiger partial charge in [-0.1, -0.05) is 36.4 Å². The fourth-order valence-electron chi connectivity index (χ4n) is 2.25. The summed E-state index contributed by atoms with van der Waals surface area (Å²) in [5, 5.41) is 4.44. The van der Waals surface area contributed by atoms with Gasteiger partial charge in [-0.2, -0.15) is 0 Å². The van der Waals surface area contributed by atoms with Crippen molar-refractivity contribution in [1.29, 1.82) is 0 Å². The van der Waals surface area contributed by atoms with Crippen molar-refractivity contribution in [3.8, 4) is 0 Å². The molecule has 0 saturated heterocycles. The Morgan fingerprint density at radius 3 is 2.37 bits per heavy atom. The molecule has 2 aromatic rings. The van der Waals surface area contributed by atoms with Crippen LogP contribution in [0.4, 0.5) is 4.79 Å². The zero-order chi connectivity index (χ0) is 19.8. The number of nitrogens with one attached hydrogen (secondary N) is 2. The van der Waals surface area contributed by atoms with E-state index in [1.807, 2.05) is 32.0 Å². The molecule has 1 atom stereocenters. The summed E-state index contributed by atoms with van der Waals surface area (Å²) in [5.74, 6) is -1.19.